The van der Waals surface area contributed by atoms with E-state index in [1.165, 1.54) is 18.2 Å². The van der Waals surface area contributed by atoms with Crippen LogP contribution >= 0.6 is 0 Å². The van der Waals surface area contributed by atoms with Crippen LogP contribution in [-0.4, -0.2) is 46.9 Å². The van der Waals surface area contributed by atoms with Crippen LogP contribution in [0.1, 0.15) is 12.8 Å². The molecule has 1 aromatic heterocycles. The van der Waals surface area contributed by atoms with Crippen LogP contribution < -0.4 is 11.1 Å². The number of nitrogens with zero attached hydrogens (tertiary/aromatic N) is 1. The number of carboxylic acids is 1. The molecule has 0 radical (unpaired) electrons. The summed E-state index contributed by atoms with van der Waals surface area (Å²) in [6.07, 6.45) is 0.904. The Morgan fingerprint density at radius 3 is 2.50 bits per heavy atom. The summed E-state index contributed by atoms with van der Waals surface area (Å²) in [5.41, 5.74) is -1.20. The monoisotopic (exact) mass is 353 g/mol. The van der Waals surface area contributed by atoms with Crippen molar-refractivity contribution < 1.29 is 18.3 Å². The minimum Gasteiger partial charge on any atom is -0.481 e. The van der Waals surface area contributed by atoms with Crippen LogP contribution in [-0.2, 0) is 14.8 Å². The van der Waals surface area contributed by atoms with E-state index >= 15 is 0 Å². The molecule has 24 heavy (non-hydrogen) atoms. The normalized spacial score (nSPS) is 19.4. The number of H-pyrrole nitrogens is 2. The maximum Gasteiger partial charge on any atom is 0.314 e. The fourth-order valence-electron chi connectivity index (χ4n) is 2.77. The number of carboxylic acid groups (broad SMARTS) is 1. The summed E-state index contributed by atoms with van der Waals surface area (Å²) in [6, 6.07) is 3.96. The third-order valence-electron chi connectivity index (χ3n) is 4.06. The predicted octanol–water partition coefficient (Wildman–Crippen LogP) is -0.298. The van der Waals surface area contributed by atoms with Crippen LogP contribution in [0.25, 0.3) is 11.0 Å². The highest BCUT2D eigenvalue weighted by molar-refractivity contribution is 7.89. The van der Waals surface area contributed by atoms with E-state index in [2.05, 4.69) is 9.97 Å². The Morgan fingerprint density at radius 2 is 1.83 bits per heavy atom. The number of hydrogen-bond donors (Lipinski definition) is 3. The van der Waals surface area contributed by atoms with Crippen LogP contribution in [0.3, 0.4) is 0 Å². The number of aromatic nitrogens is 2. The molecule has 0 bridgehead atoms. The first kappa shape index (κ1) is 16.4. The van der Waals surface area contributed by atoms with E-state index in [9.17, 15) is 22.8 Å². The molecular weight excluding hydrogens is 338 g/mol. The second-order valence-electron chi connectivity index (χ2n) is 5.66. The minimum absolute atomic E-state index is 0.0660. The van der Waals surface area contributed by atoms with Crippen molar-refractivity contribution in [2.45, 2.75) is 17.7 Å². The lowest BCUT2D eigenvalue weighted by atomic mass is 10.0. The third kappa shape index (κ3) is 2.85. The Hall–Kier alpha value is -2.46. The Kier molecular flexibility index (Phi) is 4.01. The van der Waals surface area contributed by atoms with E-state index in [1.54, 1.807) is 0 Å². The van der Waals surface area contributed by atoms with Gasteiger partial charge < -0.3 is 15.1 Å². The highest BCUT2D eigenvalue weighted by Gasteiger charge is 2.33. The molecule has 1 aliphatic heterocycles. The quantitative estimate of drug-likeness (QED) is 0.647. The highest BCUT2D eigenvalue weighted by atomic mass is 32.2. The molecular formula is C14H15N3O6S. The maximum absolute atomic E-state index is 12.7. The van der Waals surface area contributed by atoms with E-state index in [-0.39, 0.29) is 23.5 Å². The Morgan fingerprint density at radius 1 is 1.17 bits per heavy atom. The number of benzene rings is 1. The molecule has 2 aromatic rings. The van der Waals surface area contributed by atoms with Gasteiger partial charge >= 0.3 is 17.1 Å². The van der Waals surface area contributed by atoms with E-state index in [0.717, 1.165) is 4.31 Å². The zero-order valence-corrected chi connectivity index (χ0v) is 13.3. The number of nitrogens with one attached hydrogen (secondary N) is 2. The first-order valence-corrected chi connectivity index (χ1v) is 8.72. The maximum atomic E-state index is 12.7. The standard InChI is InChI=1S/C14H15N3O6S/c18-12-13(19)16-11-6-9(3-4-10(11)15-12)24(22,23)17-5-1-2-8(7-17)14(20)21/h3-4,6,8H,1-2,5,7H2,(H,15,18)(H,16,19)(H,20,21). The minimum atomic E-state index is -3.89. The Balaban J connectivity index is 2.02. The third-order valence-corrected chi connectivity index (χ3v) is 5.93. The summed E-state index contributed by atoms with van der Waals surface area (Å²) in [5, 5.41) is 9.10. The van der Waals surface area contributed by atoms with Gasteiger partial charge in [0, 0.05) is 13.1 Å². The molecule has 2 heterocycles. The molecule has 1 saturated heterocycles. The summed E-state index contributed by atoms with van der Waals surface area (Å²) < 4.78 is 26.6. The molecule has 1 aromatic carbocycles. The molecule has 1 atom stereocenters. The molecule has 0 amide bonds. The van der Waals surface area contributed by atoms with E-state index in [1.807, 2.05) is 0 Å². The van der Waals surface area contributed by atoms with E-state index < -0.39 is 33.0 Å². The molecule has 0 aliphatic carbocycles. The Labute approximate surface area is 136 Å². The van der Waals surface area contributed by atoms with Gasteiger partial charge in [0.1, 0.15) is 0 Å². The number of aliphatic carboxylic acids is 1. The van der Waals surface area contributed by atoms with Crippen molar-refractivity contribution >= 4 is 27.0 Å². The molecule has 0 saturated carbocycles. The van der Waals surface area contributed by atoms with E-state index in [4.69, 9.17) is 5.11 Å². The number of fused-ring (bicyclic) bond motifs is 1. The van der Waals surface area contributed by atoms with Crippen LogP contribution in [0.5, 0.6) is 0 Å². The van der Waals surface area contributed by atoms with E-state index in [0.29, 0.717) is 18.4 Å². The van der Waals surface area contributed by atoms with Crippen molar-refractivity contribution in [3.05, 3.63) is 38.9 Å². The van der Waals surface area contributed by atoms with Gasteiger partial charge in [0.05, 0.1) is 21.8 Å². The summed E-state index contributed by atoms with van der Waals surface area (Å²) >= 11 is 0. The predicted molar refractivity (Wildman–Crippen MR) is 84.3 cm³/mol. The summed E-state index contributed by atoms with van der Waals surface area (Å²) in [7, 11) is -3.89. The summed E-state index contributed by atoms with van der Waals surface area (Å²) in [4.78, 5) is 38.4. The molecule has 10 heteroatoms. The van der Waals surface area contributed by atoms with Crippen LogP contribution in [0.15, 0.2) is 32.7 Å². The van der Waals surface area contributed by atoms with Gasteiger partial charge in [0.2, 0.25) is 10.0 Å². The van der Waals surface area contributed by atoms with Gasteiger partial charge in [-0.15, -0.1) is 0 Å². The number of carbonyl (C=O) groups is 1. The topological polar surface area (TPSA) is 140 Å². The number of hydrogen-bond acceptors (Lipinski definition) is 5. The van der Waals surface area contributed by atoms with Gasteiger partial charge in [-0.3, -0.25) is 14.4 Å². The Bertz CT molecular complexity index is 1020. The molecule has 3 rings (SSSR count). The zero-order valence-electron chi connectivity index (χ0n) is 12.5. The van der Waals surface area contributed by atoms with Gasteiger partial charge in [-0.05, 0) is 31.0 Å². The van der Waals surface area contributed by atoms with Gasteiger partial charge in [0.15, 0.2) is 0 Å². The molecule has 1 fully saturated rings. The molecule has 9 nitrogen and oxygen atoms in total. The SMILES string of the molecule is O=C(O)C1CCCN(S(=O)(=O)c2ccc3[nH]c(=O)c(=O)[nH]c3c2)C1. The van der Waals surface area contributed by atoms with Crippen molar-refractivity contribution in [3.63, 3.8) is 0 Å². The van der Waals surface area contributed by atoms with Crippen molar-refractivity contribution in [1.82, 2.24) is 14.3 Å². The first-order chi connectivity index (χ1) is 11.3. The lowest BCUT2D eigenvalue weighted by molar-refractivity contribution is -0.142. The zero-order chi connectivity index (χ0) is 17.5. The lowest BCUT2D eigenvalue weighted by Gasteiger charge is -2.29. The molecule has 3 N–H and O–H groups in total. The number of sulfonamides is 1. The average molecular weight is 353 g/mol. The van der Waals surface area contributed by atoms with Crippen LogP contribution in [0, 0.1) is 5.92 Å². The van der Waals surface area contributed by atoms with Gasteiger partial charge in [0.25, 0.3) is 0 Å². The van der Waals surface area contributed by atoms with Crippen molar-refractivity contribution in [2.75, 3.05) is 13.1 Å². The van der Waals surface area contributed by atoms with Crippen molar-refractivity contribution in [2.24, 2.45) is 5.92 Å². The average Bonchev–Trinajstić information content (AvgIpc) is 2.55. The van der Waals surface area contributed by atoms with Crippen LogP contribution in [0.2, 0.25) is 0 Å². The fraction of sp³-hybridized carbons (Fsp3) is 0.357. The second kappa shape index (κ2) is 5.87. The molecule has 0 spiro atoms. The first-order valence-electron chi connectivity index (χ1n) is 7.28. The number of piperidine rings is 1. The summed E-state index contributed by atoms with van der Waals surface area (Å²) in [5.74, 6) is -1.75. The highest BCUT2D eigenvalue weighted by Crippen LogP contribution is 2.25. The number of rotatable bonds is 3. The fourth-order valence-corrected chi connectivity index (χ4v) is 4.32. The smallest absolute Gasteiger partial charge is 0.314 e. The van der Waals surface area contributed by atoms with Crippen molar-refractivity contribution in [1.29, 1.82) is 0 Å². The van der Waals surface area contributed by atoms with Gasteiger partial charge in [-0.2, -0.15) is 4.31 Å². The number of aromatic amines is 2. The second-order valence-corrected chi connectivity index (χ2v) is 7.59. The molecule has 1 aliphatic rings. The lowest BCUT2D eigenvalue weighted by Crippen LogP contribution is -2.42. The van der Waals surface area contributed by atoms with Crippen LogP contribution in [0.4, 0.5) is 0 Å². The van der Waals surface area contributed by atoms with Crippen molar-refractivity contribution in [3.8, 4) is 0 Å². The van der Waals surface area contributed by atoms with Gasteiger partial charge in [-0.1, -0.05) is 0 Å². The summed E-state index contributed by atoms with van der Waals surface area (Å²) in [6.45, 7) is 0.157. The largest absolute Gasteiger partial charge is 0.481 e. The molecule has 1 unspecified atom stereocenters. The molecule has 128 valence electrons. The van der Waals surface area contributed by atoms with Gasteiger partial charge in [-0.25, -0.2) is 8.42 Å².